The van der Waals surface area contributed by atoms with E-state index >= 15 is 0 Å². The van der Waals surface area contributed by atoms with Crippen molar-refractivity contribution >= 4 is 28.4 Å². The Bertz CT molecular complexity index is 1270. The third-order valence-corrected chi connectivity index (χ3v) is 6.44. The second-order valence-electron chi connectivity index (χ2n) is 8.61. The van der Waals surface area contributed by atoms with Crippen molar-refractivity contribution in [2.75, 3.05) is 17.7 Å². The van der Waals surface area contributed by atoms with Crippen LogP contribution in [0.4, 0.5) is 20.7 Å². The summed E-state index contributed by atoms with van der Waals surface area (Å²) < 4.78 is 16.5. The largest absolute Gasteiger partial charge is 0.373 e. The molecule has 0 aliphatic heterocycles. The van der Waals surface area contributed by atoms with Gasteiger partial charge in [-0.15, -0.1) is 0 Å². The number of urea groups is 1. The number of fused-ring (bicyclic) bond motifs is 1. The van der Waals surface area contributed by atoms with E-state index in [2.05, 4.69) is 20.9 Å². The normalized spacial score (nSPS) is 14.2. The number of pyridine rings is 2. The van der Waals surface area contributed by atoms with E-state index < -0.39 is 11.8 Å². The predicted octanol–water partition coefficient (Wildman–Crippen LogP) is 4.18. The van der Waals surface area contributed by atoms with Crippen molar-refractivity contribution in [3.8, 4) is 11.1 Å². The molecular weight excluding hydrogens is 435 g/mol. The van der Waals surface area contributed by atoms with E-state index in [4.69, 9.17) is 5.73 Å². The van der Waals surface area contributed by atoms with Gasteiger partial charge < -0.3 is 26.3 Å². The first-order valence-electron chi connectivity index (χ1n) is 11.8. The molecule has 1 fully saturated rings. The zero-order chi connectivity index (χ0) is 24.2. The zero-order valence-corrected chi connectivity index (χ0v) is 19.6. The molecule has 180 valence electrons. The van der Waals surface area contributed by atoms with Crippen LogP contribution in [0.25, 0.3) is 22.0 Å². The second kappa shape index (κ2) is 10.2. The molecule has 1 aliphatic carbocycles. The summed E-state index contributed by atoms with van der Waals surface area (Å²) in [6, 6.07) is 5.98. The van der Waals surface area contributed by atoms with E-state index in [9.17, 15) is 14.0 Å². The predicted molar refractivity (Wildman–Crippen MR) is 134 cm³/mol. The highest BCUT2D eigenvalue weighted by molar-refractivity contribution is 5.92. The maximum Gasteiger partial charge on any atom is 0.319 e. The molecule has 0 spiro atoms. The van der Waals surface area contributed by atoms with E-state index in [1.165, 1.54) is 18.6 Å². The first-order chi connectivity index (χ1) is 16.4. The van der Waals surface area contributed by atoms with Gasteiger partial charge in [0, 0.05) is 49.4 Å². The van der Waals surface area contributed by atoms with Gasteiger partial charge in [-0.2, -0.15) is 0 Å². The van der Waals surface area contributed by atoms with Gasteiger partial charge in [0.25, 0.3) is 5.56 Å². The fraction of sp³-hybridized carbons (Fsp3) is 0.400. The number of hydrogen-bond acceptors (Lipinski definition) is 5. The minimum Gasteiger partial charge on any atom is -0.373 e. The highest BCUT2D eigenvalue weighted by atomic mass is 19.1. The summed E-state index contributed by atoms with van der Waals surface area (Å²) in [5.41, 5.74) is 7.79. The van der Waals surface area contributed by atoms with E-state index in [0.29, 0.717) is 29.1 Å². The Morgan fingerprint density at radius 3 is 2.62 bits per heavy atom. The van der Waals surface area contributed by atoms with Gasteiger partial charge in [0.05, 0.1) is 11.2 Å². The third kappa shape index (κ3) is 4.75. The number of anilines is 2. The summed E-state index contributed by atoms with van der Waals surface area (Å²) in [7, 11) is 1.77. The van der Waals surface area contributed by atoms with Crippen LogP contribution in [0.3, 0.4) is 0 Å². The molecule has 0 saturated heterocycles. The number of carbonyl (C=O) groups excluding carboxylic acids is 1. The van der Waals surface area contributed by atoms with Gasteiger partial charge in [-0.05, 0) is 49.1 Å². The smallest absolute Gasteiger partial charge is 0.319 e. The Labute approximate surface area is 197 Å². The molecule has 2 heterocycles. The van der Waals surface area contributed by atoms with E-state index in [0.717, 1.165) is 36.6 Å². The van der Waals surface area contributed by atoms with Crippen LogP contribution in [-0.2, 0) is 13.1 Å². The molecule has 4 rings (SSSR count). The number of rotatable bonds is 6. The average Bonchev–Trinajstić information content (AvgIpc) is 2.85. The topological polar surface area (TPSA) is 114 Å². The quantitative estimate of drug-likeness (QED) is 0.435. The molecule has 3 aromatic rings. The van der Waals surface area contributed by atoms with Gasteiger partial charge in [0.15, 0.2) is 0 Å². The molecule has 8 nitrogen and oxygen atoms in total. The van der Waals surface area contributed by atoms with Crippen LogP contribution in [0.15, 0.2) is 35.3 Å². The molecule has 0 bridgehead atoms. The maximum absolute atomic E-state index is 14.9. The van der Waals surface area contributed by atoms with E-state index in [1.54, 1.807) is 23.9 Å². The monoisotopic (exact) mass is 466 g/mol. The Kier molecular flexibility index (Phi) is 7.12. The molecule has 2 amide bonds. The highest BCUT2D eigenvalue weighted by Crippen LogP contribution is 2.30. The second-order valence-corrected chi connectivity index (χ2v) is 8.61. The van der Waals surface area contributed by atoms with Gasteiger partial charge >= 0.3 is 6.03 Å². The molecule has 1 aromatic carbocycles. The molecule has 1 aliphatic rings. The van der Waals surface area contributed by atoms with Gasteiger partial charge in [0.2, 0.25) is 0 Å². The Morgan fingerprint density at radius 2 is 1.94 bits per heavy atom. The van der Waals surface area contributed by atoms with Crippen molar-refractivity contribution in [3.63, 3.8) is 0 Å². The SMILES string of the molecule is CCn1c(=O)c(-c2cc(NC(=O)NC3CCCCC3)c(F)cc2CN)cc2cnc(NC)cc21. The fourth-order valence-corrected chi connectivity index (χ4v) is 4.64. The van der Waals surface area contributed by atoms with Gasteiger partial charge in [0.1, 0.15) is 11.6 Å². The molecule has 0 atom stereocenters. The van der Waals surface area contributed by atoms with Crippen LogP contribution in [0, 0.1) is 5.82 Å². The lowest BCUT2D eigenvalue weighted by atomic mass is 9.96. The lowest BCUT2D eigenvalue weighted by molar-refractivity contribution is 0.244. The Balaban J connectivity index is 1.75. The number of aryl methyl sites for hydroxylation is 1. The number of aromatic nitrogens is 2. The highest BCUT2D eigenvalue weighted by Gasteiger charge is 2.20. The minimum atomic E-state index is -0.597. The molecule has 34 heavy (non-hydrogen) atoms. The average molecular weight is 467 g/mol. The number of hydrogen-bond donors (Lipinski definition) is 4. The summed E-state index contributed by atoms with van der Waals surface area (Å²) in [5, 5.41) is 9.30. The van der Waals surface area contributed by atoms with Crippen molar-refractivity contribution in [3.05, 3.63) is 52.2 Å². The number of carbonyl (C=O) groups is 1. The van der Waals surface area contributed by atoms with Crippen LogP contribution in [0.5, 0.6) is 0 Å². The Hall–Kier alpha value is -3.46. The first-order valence-corrected chi connectivity index (χ1v) is 11.8. The van der Waals surface area contributed by atoms with Gasteiger partial charge in [-0.25, -0.2) is 14.2 Å². The molecule has 5 N–H and O–H groups in total. The number of halogens is 1. The summed E-state index contributed by atoms with van der Waals surface area (Å²) in [6.45, 7) is 2.38. The van der Waals surface area contributed by atoms with Crippen molar-refractivity contribution in [1.82, 2.24) is 14.9 Å². The van der Waals surface area contributed by atoms with Gasteiger partial charge in [-0.1, -0.05) is 19.3 Å². The molecule has 2 aromatic heterocycles. The first kappa shape index (κ1) is 23.7. The van der Waals surface area contributed by atoms with Crippen molar-refractivity contribution in [1.29, 1.82) is 0 Å². The zero-order valence-electron chi connectivity index (χ0n) is 19.6. The Morgan fingerprint density at radius 1 is 1.18 bits per heavy atom. The summed E-state index contributed by atoms with van der Waals surface area (Å²) in [4.78, 5) is 30.4. The summed E-state index contributed by atoms with van der Waals surface area (Å²) in [6.07, 6.45) is 6.86. The maximum atomic E-state index is 14.9. The number of benzene rings is 1. The minimum absolute atomic E-state index is 0.00621. The van der Waals surface area contributed by atoms with Crippen molar-refractivity contribution in [2.24, 2.45) is 5.73 Å². The number of amides is 2. The molecule has 0 radical (unpaired) electrons. The van der Waals surface area contributed by atoms with E-state index in [-0.39, 0.29) is 23.8 Å². The summed E-state index contributed by atoms with van der Waals surface area (Å²) >= 11 is 0. The van der Waals surface area contributed by atoms with Crippen LogP contribution < -0.4 is 27.2 Å². The molecule has 9 heteroatoms. The van der Waals surface area contributed by atoms with Crippen LogP contribution in [0.2, 0.25) is 0 Å². The molecule has 1 saturated carbocycles. The lowest BCUT2D eigenvalue weighted by Gasteiger charge is -2.23. The fourth-order valence-electron chi connectivity index (χ4n) is 4.64. The molecular formula is C25H31FN6O2. The number of nitrogens with two attached hydrogens (primary N) is 1. The molecule has 0 unspecified atom stereocenters. The lowest BCUT2D eigenvalue weighted by Crippen LogP contribution is -2.39. The number of nitrogens with zero attached hydrogens (tertiary/aromatic N) is 2. The van der Waals surface area contributed by atoms with Crippen molar-refractivity contribution < 1.29 is 9.18 Å². The van der Waals surface area contributed by atoms with E-state index in [1.807, 2.05) is 13.0 Å². The number of nitrogens with one attached hydrogen (secondary N) is 3. The van der Waals surface area contributed by atoms with Crippen LogP contribution in [0.1, 0.15) is 44.6 Å². The standard InChI is InChI=1S/C25H31FN6O2/c1-3-32-22-12-23(28-2)29-14-16(22)9-19(24(32)33)18-11-21(20(26)10-15(18)13-27)31-25(34)30-17-7-5-4-6-8-17/h9-12,14,17H,3-8,13,27H2,1-2H3,(H,28,29)(H2,30,31,34). The van der Waals surface area contributed by atoms with Crippen LogP contribution >= 0.6 is 0 Å². The van der Waals surface area contributed by atoms with Crippen molar-refractivity contribution in [2.45, 2.75) is 58.2 Å². The third-order valence-electron chi connectivity index (χ3n) is 6.44. The van der Waals surface area contributed by atoms with Crippen LogP contribution in [-0.4, -0.2) is 28.7 Å². The summed E-state index contributed by atoms with van der Waals surface area (Å²) in [5.74, 6) is 0.0571. The van der Waals surface area contributed by atoms with Gasteiger partial charge in [-0.3, -0.25) is 4.79 Å².